The van der Waals surface area contributed by atoms with Gasteiger partial charge in [-0.3, -0.25) is 9.59 Å². The molecule has 0 unspecified atom stereocenters. The third kappa shape index (κ3) is 2.95. The predicted octanol–water partition coefficient (Wildman–Crippen LogP) is 3.75. The fourth-order valence-corrected chi connectivity index (χ4v) is 8.23. The molecule has 1 N–H and O–H groups in total. The highest BCUT2D eigenvalue weighted by molar-refractivity contribution is 6.61. The van der Waals surface area contributed by atoms with Crippen LogP contribution in [0.4, 0.5) is 13.6 Å². The molecule has 1 heterocycles. The second-order valence-corrected chi connectivity index (χ2v) is 11.7. The largest absolute Gasteiger partial charge is 0.447 e. The lowest BCUT2D eigenvalue weighted by atomic mass is 9.44. The molecule has 4 aliphatic carbocycles. The topological polar surface area (TPSA) is 99.1 Å². The third-order valence-electron chi connectivity index (χ3n) is 9.39. The van der Waals surface area contributed by atoms with E-state index in [1.165, 1.54) is 19.1 Å². The molecule has 35 heavy (non-hydrogen) atoms. The molecule has 1 aliphatic heterocycles. The van der Waals surface area contributed by atoms with Crippen LogP contribution in [-0.2, 0) is 23.8 Å². The van der Waals surface area contributed by atoms with Gasteiger partial charge in [-0.15, -0.1) is 0 Å². The highest BCUT2D eigenvalue weighted by Gasteiger charge is 2.81. The summed E-state index contributed by atoms with van der Waals surface area (Å²) >= 11 is 5.59. The van der Waals surface area contributed by atoms with Crippen LogP contribution in [0.5, 0.6) is 0 Å². The van der Waals surface area contributed by atoms with Crippen LogP contribution in [0, 0.1) is 22.7 Å². The fraction of sp³-hybridized carbons (Fsp3) is 0.720. The van der Waals surface area contributed by atoms with Crippen molar-refractivity contribution < 1.29 is 42.5 Å². The highest BCUT2D eigenvalue weighted by Crippen LogP contribution is 2.73. The number of aliphatic hydroxyl groups is 1. The molecule has 10 heteroatoms. The number of aliphatic hydroxyl groups excluding tert-OH is 1. The van der Waals surface area contributed by atoms with Crippen molar-refractivity contribution >= 4 is 28.6 Å². The number of hydrogen-bond acceptors (Lipinski definition) is 7. The number of carbonyl (C=O) groups excluding carboxylic acids is 3. The van der Waals surface area contributed by atoms with Gasteiger partial charge in [-0.1, -0.05) is 13.0 Å². The summed E-state index contributed by atoms with van der Waals surface area (Å²) in [7, 11) is 0. The van der Waals surface area contributed by atoms with Gasteiger partial charge >= 0.3 is 5.43 Å². The molecular formula is C25H29ClF2O7. The number of rotatable bonds is 3. The lowest BCUT2D eigenvalue weighted by molar-refractivity contribution is -0.247. The van der Waals surface area contributed by atoms with Crippen LogP contribution in [0.25, 0.3) is 0 Å². The predicted molar refractivity (Wildman–Crippen MR) is 119 cm³/mol. The second-order valence-electron chi connectivity index (χ2n) is 11.3. The van der Waals surface area contributed by atoms with Crippen molar-refractivity contribution in [3.05, 3.63) is 23.8 Å². The molecule has 0 amide bonds. The van der Waals surface area contributed by atoms with Crippen molar-refractivity contribution in [2.45, 2.75) is 82.4 Å². The molecule has 4 fully saturated rings. The molecule has 0 aromatic heterocycles. The van der Waals surface area contributed by atoms with Crippen LogP contribution in [-0.4, -0.2) is 64.1 Å². The maximum Gasteiger partial charge on any atom is 0.404 e. The summed E-state index contributed by atoms with van der Waals surface area (Å²) < 4.78 is 51.0. The van der Waals surface area contributed by atoms with Crippen molar-refractivity contribution in [3.63, 3.8) is 0 Å². The first kappa shape index (κ1) is 25.0. The minimum absolute atomic E-state index is 0.00375. The van der Waals surface area contributed by atoms with E-state index in [2.05, 4.69) is 0 Å². The van der Waals surface area contributed by atoms with E-state index in [-0.39, 0.29) is 24.8 Å². The van der Waals surface area contributed by atoms with Gasteiger partial charge in [0.05, 0.1) is 6.10 Å². The van der Waals surface area contributed by atoms with Crippen molar-refractivity contribution in [2.75, 3.05) is 6.61 Å². The Morgan fingerprint density at radius 2 is 1.91 bits per heavy atom. The molecule has 1 saturated heterocycles. The van der Waals surface area contributed by atoms with Crippen molar-refractivity contribution in [3.8, 4) is 0 Å². The second kappa shape index (κ2) is 7.43. The average molecular weight is 515 g/mol. The average Bonchev–Trinajstić information content (AvgIpc) is 3.17. The number of fused-ring (bicyclic) bond motifs is 7. The highest BCUT2D eigenvalue weighted by atomic mass is 35.5. The summed E-state index contributed by atoms with van der Waals surface area (Å²) in [5, 5.41) is 9.89. The van der Waals surface area contributed by atoms with Gasteiger partial charge in [-0.05, 0) is 63.7 Å². The number of hydrogen-bond donors (Lipinski definition) is 1. The quantitative estimate of drug-likeness (QED) is 0.573. The smallest absolute Gasteiger partial charge is 0.404 e. The maximum atomic E-state index is 17.7. The van der Waals surface area contributed by atoms with Crippen LogP contribution in [0.1, 0.15) is 47.0 Å². The van der Waals surface area contributed by atoms with Crippen molar-refractivity contribution in [2.24, 2.45) is 22.7 Å². The number of ether oxygens (including phenoxy) is 3. The summed E-state index contributed by atoms with van der Waals surface area (Å²) in [5.74, 6) is -3.86. The Hall–Kier alpha value is -1.68. The molecule has 0 spiro atoms. The van der Waals surface area contributed by atoms with Gasteiger partial charge in [0.2, 0.25) is 0 Å². The van der Waals surface area contributed by atoms with Gasteiger partial charge in [0, 0.05) is 28.3 Å². The number of ketones is 2. The van der Waals surface area contributed by atoms with E-state index in [1.54, 1.807) is 20.8 Å². The zero-order valence-electron chi connectivity index (χ0n) is 20.0. The van der Waals surface area contributed by atoms with Gasteiger partial charge in [0.15, 0.2) is 28.6 Å². The summed E-state index contributed by atoms with van der Waals surface area (Å²) in [5.41, 5.74) is -7.97. The number of halogens is 3. The normalized spacial score (nSPS) is 49.4. The van der Waals surface area contributed by atoms with E-state index >= 15 is 8.78 Å². The molecule has 0 bridgehead atoms. The first-order chi connectivity index (χ1) is 16.2. The number of allylic oxidation sites excluding steroid dienone is 4. The van der Waals surface area contributed by atoms with Crippen LogP contribution < -0.4 is 0 Å². The summed E-state index contributed by atoms with van der Waals surface area (Å²) in [6, 6.07) is 0. The summed E-state index contributed by atoms with van der Waals surface area (Å²) in [6.45, 7) is 5.69. The van der Waals surface area contributed by atoms with Gasteiger partial charge in [0.1, 0.15) is 18.9 Å². The standard InChI is InChI=1S/C25H29ClF2O7/c1-21(2)34-18-9-13-14-8-16(27)15-7-12(30)5-6-22(15,3)24(14,28)19(33-20(26)32)10-23(13,4)25(18,35-21)17(31)11-29/h5-7,13-14,16,18-19,29H,8-11H2,1-4H3/t13-,14-,16-,18+,19-,22-,23-,24-,25+/m0/s1. The van der Waals surface area contributed by atoms with Crippen LogP contribution in [0.3, 0.4) is 0 Å². The minimum atomic E-state index is -2.33. The van der Waals surface area contributed by atoms with Crippen LogP contribution in [0.2, 0.25) is 0 Å². The molecule has 9 atom stereocenters. The Morgan fingerprint density at radius 1 is 1.23 bits per heavy atom. The summed E-state index contributed by atoms with van der Waals surface area (Å²) in [4.78, 5) is 37.3. The Kier molecular flexibility index (Phi) is 5.31. The third-order valence-corrected chi connectivity index (χ3v) is 9.48. The van der Waals surface area contributed by atoms with Crippen molar-refractivity contribution in [1.29, 1.82) is 0 Å². The van der Waals surface area contributed by atoms with E-state index in [1.807, 2.05) is 0 Å². The molecule has 7 nitrogen and oxygen atoms in total. The van der Waals surface area contributed by atoms with E-state index in [0.717, 1.165) is 6.08 Å². The van der Waals surface area contributed by atoms with Gasteiger partial charge in [-0.2, -0.15) is 0 Å². The Bertz CT molecular complexity index is 1070. The number of Topliss-reactive ketones (excluding diaryl/α,β-unsaturated/α-hetero) is 1. The first-order valence-corrected chi connectivity index (χ1v) is 12.2. The van der Waals surface area contributed by atoms with Gasteiger partial charge in [-0.25, -0.2) is 13.6 Å². The first-order valence-electron chi connectivity index (χ1n) is 11.8. The molecule has 0 aromatic rings. The van der Waals surface area contributed by atoms with Crippen molar-refractivity contribution in [1.82, 2.24) is 0 Å². The van der Waals surface area contributed by atoms with E-state index in [9.17, 15) is 19.5 Å². The lowest BCUT2D eigenvalue weighted by Crippen LogP contribution is -2.71. The molecule has 3 saturated carbocycles. The molecule has 5 rings (SSSR count). The molecule has 192 valence electrons. The SMILES string of the molecule is CC1(C)O[C@@H]2C[C@H]3[C@@H]4C[C@H](F)C5=CC(=O)C=C[C@]5(C)[C@@]4(F)[C@@H](OC(=O)Cl)C[C@]3(C)[C@]2(C(=O)CO)O1. The van der Waals surface area contributed by atoms with Gasteiger partial charge < -0.3 is 19.3 Å². The Balaban J connectivity index is 1.71. The molecule has 5 aliphatic rings. The Morgan fingerprint density at radius 3 is 2.54 bits per heavy atom. The Labute approximate surface area is 206 Å². The number of alkyl halides is 2. The van der Waals surface area contributed by atoms with E-state index in [0.29, 0.717) is 0 Å². The van der Waals surface area contributed by atoms with E-state index < -0.39 is 81.7 Å². The minimum Gasteiger partial charge on any atom is -0.447 e. The lowest BCUT2D eigenvalue weighted by Gasteiger charge is -2.63. The van der Waals surface area contributed by atoms with Gasteiger partial charge in [0.25, 0.3) is 0 Å². The zero-order valence-corrected chi connectivity index (χ0v) is 20.7. The zero-order chi connectivity index (χ0) is 25.8. The van der Waals surface area contributed by atoms with Crippen LogP contribution >= 0.6 is 11.6 Å². The maximum absolute atomic E-state index is 17.7. The monoisotopic (exact) mass is 514 g/mol. The van der Waals surface area contributed by atoms with Crippen LogP contribution in [0.15, 0.2) is 23.8 Å². The molecular weight excluding hydrogens is 486 g/mol. The fourth-order valence-electron chi connectivity index (χ4n) is 8.12. The van der Waals surface area contributed by atoms with E-state index in [4.69, 9.17) is 25.8 Å². The number of carbonyl (C=O) groups is 3. The summed E-state index contributed by atoms with van der Waals surface area (Å²) in [6.07, 6.45) is -0.523. The molecule has 0 aromatic carbocycles. The molecule has 0 radical (unpaired) electrons.